The Morgan fingerprint density at radius 1 is 1.00 bits per heavy atom. The molecule has 4 rings (SSSR count). The monoisotopic (exact) mass is 550 g/mol. The molecular formula is C30H31FN2O7. The zero-order valence-corrected chi connectivity index (χ0v) is 22.0. The molecule has 0 spiro atoms. The molecule has 1 saturated heterocycles. The summed E-state index contributed by atoms with van der Waals surface area (Å²) in [4.78, 5) is 41.0. The number of amides is 2. The molecule has 0 aliphatic carbocycles. The first-order valence-corrected chi connectivity index (χ1v) is 12.8. The molecule has 3 atom stereocenters. The van der Waals surface area contributed by atoms with E-state index >= 15 is 0 Å². The Labute approximate surface area is 231 Å². The molecule has 3 aromatic rings. The second-order valence-corrected chi connectivity index (χ2v) is 9.54. The van der Waals surface area contributed by atoms with Crippen LogP contribution in [0.15, 0.2) is 78.9 Å². The second-order valence-electron chi connectivity index (χ2n) is 9.54. The van der Waals surface area contributed by atoms with Crippen molar-refractivity contribution in [2.24, 2.45) is 0 Å². The van der Waals surface area contributed by atoms with Gasteiger partial charge < -0.3 is 24.6 Å². The summed E-state index contributed by atoms with van der Waals surface area (Å²) in [6, 6.07) is 20.2. The molecule has 0 radical (unpaired) electrons. The fraction of sp³-hybridized carbons (Fsp3) is 0.300. The van der Waals surface area contributed by atoms with E-state index in [-0.39, 0.29) is 19.7 Å². The number of aliphatic carboxylic acids is 1. The average molecular weight is 551 g/mol. The van der Waals surface area contributed by atoms with E-state index in [0.29, 0.717) is 17.7 Å². The van der Waals surface area contributed by atoms with Gasteiger partial charge in [0.1, 0.15) is 30.8 Å². The number of carbonyl (C=O) groups is 3. The third-order valence-corrected chi connectivity index (χ3v) is 6.90. The fourth-order valence-corrected chi connectivity index (χ4v) is 4.83. The fourth-order valence-electron chi connectivity index (χ4n) is 4.83. The number of halogens is 1. The highest BCUT2D eigenvalue weighted by atomic mass is 19.1. The molecule has 210 valence electrons. The van der Waals surface area contributed by atoms with Crippen LogP contribution in [0.4, 0.5) is 9.18 Å². The van der Waals surface area contributed by atoms with Crippen LogP contribution in [0.1, 0.15) is 22.6 Å². The molecule has 0 bridgehead atoms. The van der Waals surface area contributed by atoms with Gasteiger partial charge in [-0.25, -0.2) is 9.18 Å². The van der Waals surface area contributed by atoms with Crippen LogP contribution in [0.2, 0.25) is 0 Å². The summed E-state index contributed by atoms with van der Waals surface area (Å²) in [6.07, 6.45) is -1.89. The van der Waals surface area contributed by atoms with E-state index in [9.17, 15) is 29.0 Å². The van der Waals surface area contributed by atoms with Gasteiger partial charge in [-0.2, -0.15) is 0 Å². The number of nitrogens with zero attached hydrogens (tertiary/aromatic N) is 2. The van der Waals surface area contributed by atoms with Crippen molar-refractivity contribution in [2.45, 2.75) is 31.1 Å². The molecule has 1 fully saturated rings. The molecule has 3 aromatic carbocycles. The average Bonchev–Trinajstić information content (AvgIpc) is 3.31. The minimum absolute atomic E-state index is 0.0235. The Morgan fingerprint density at radius 3 is 2.38 bits per heavy atom. The molecule has 9 nitrogen and oxygen atoms in total. The first kappa shape index (κ1) is 28.6. The summed E-state index contributed by atoms with van der Waals surface area (Å²) >= 11 is 0. The number of hydrogen-bond donors (Lipinski definition) is 2. The van der Waals surface area contributed by atoms with Crippen molar-refractivity contribution in [1.82, 2.24) is 9.80 Å². The van der Waals surface area contributed by atoms with Crippen LogP contribution >= 0.6 is 0 Å². The van der Waals surface area contributed by atoms with Gasteiger partial charge in [-0.05, 0) is 47.4 Å². The highest BCUT2D eigenvalue weighted by molar-refractivity contribution is 5.89. The molecule has 0 saturated carbocycles. The summed E-state index contributed by atoms with van der Waals surface area (Å²) in [5.41, 5.74) is 2.09. The number of carboxylic acids is 1. The van der Waals surface area contributed by atoms with Crippen LogP contribution in [0.5, 0.6) is 5.75 Å². The number of aliphatic hydroxyl groups is 1. The lowest BCUT2D eigenvalue weighted by atomic mass is 9.93. The molecule has 0 unspecified atom stereocenters. The Hall–Kier alpha value is -4.44. The maximum Gasteiger partial charge on any atom is 0.410 e. The number of aliphatic hydroxyl groups excluding tert-OH is 1. The van der Waals surface area contributed by atoms with Crippen LogP contribution in [0.25, 0.3) is 0 Å². The quantitative estimate of drug-likeness (QED) is 0.397. The van der Waals surface area contributed by atoms with Crippen molar-refractivity contribution in [1.29, 1.82) is 0 Å². The van der Waals surface area contributed by atoms with Gasteiger partial charge in [-0.1, -0.05) is 54.6 Å². The van der Waals surface area contributed by atoms with Gasteiger partial charge in [-0.3, -0.25) is 14.5 Å². The molecule has 1 aliphatic rings. The van der Waals surface area contributed by atoms with Crippen molar-refractivity contribution in [3.05, 3.63) is 101 Å². The number of ether oxygens (including phenoxy) is 2. The smallest absolute Gasteiger partial charge is 0.410 e. The zero-order chi connectivity index (χ0) is 28.6. The molecule has 1 heterocycles. The van der Waals surface area contributed by atoms with Crippen LogP contribution in [-0.4, -0.2) is 76.9 Å². The first-order chi connectivity index (χ1) is 19.3. The van der Waals surface area contributed by atoms with Gasteiger partial charge in [0.25, 0.3) is 0 Å². The molecule has 10 heteroatoms. The number of hydrogen-bond acceptors (Lipinski definition) is 6. The van der Waals surface area contributed by atoms with Gasteiger partial charge in [0, 0.05) is 19.0 Å². The van der Waals surface area contributed by atoms with Crippen molar-refractivity contribution >= 4 is 18.0 Å². The first-order valence-electron chi connectivity index (χ1n) is 12.8. The number of benzene rings is 3. The zero-order valence-electron chi connectivity index (χ0n) is 22.0. The van der Waals surface area contributed by atoms with Crippen LogP contribution in [0, 0.1) is 5.82 Å². The lowest BCUT2D eigenvalue weighted by Crippen LogP contribution is -2.53. The lowest BCUT2D eigenvalue weighted by molar-refractivity contribution is -0.147. The third-order valence-electron chi connectivity index (χ3n) is 6.90. The highest BCUT2D eigenvalue weighted by Crippen LogP contribution is 2.34. The van der Waals surface area contributed by atoms with Crippen LogP contribution in [-0.2, 0) is 27.4 Å². The number of methoxy groups -OCH3 is 1. The van der Waals surface area contributed by atoms with Crippen LogP contribution < -0.4 is 4.74 Å². The maximum absolute atomic E-state index is 13.8. The van der Waals surface area contributed by atoms with E-state index in [4.69, 9.17) is 9.47 Å². The third kappa shape index (κ3) is 6.95. The molecular weight excluding hydrogens is 519 g/mol. The van der Waals surface area contributed by atoms with E-state index in [2.05, 4.69) is 0 Å². The topological polar surface area (TPSA) is 117 Å². The van der Waals surface area contributed by atoms with E-state index in [1.165, 1.54) is 31.4 Å². The number of likely N-dealkylation sites (tertiary alicyclic amines) is 1. The van der Waals surface area contributed by atoms with Gasteiger partial charge in [0.15, 0.2) is 0 Å². The summed E-state index contributed by atoms with van der Waals surface area (Å²) in [7, 11) is 1.53. The van der Waals surface area contributed by atoms with Gasteiger partial charge >= 0.3 is 12.1 Å². The maximum atomic E-state index is 13.8. The Balaban J connectivity index is 1.58. The predicted octanol–water partition coefficient (Wildman–Crippen LogP) is 3.46. The van der Waals surface area contributed by atoms with E-state index in [0.717, 1.165) is 20.9 Å². The van der Waals surface area contributed by atoms with Crippen LogP contribution in [0.3, 0.4) is 0 Å². The largest absolute Gasteiger partial charge is 0.497 e. The number of carbonyl (C=O) groups excluding carboxylic acids is 2. The SMILES string of the molecule is COc1cccc(CCN(CC(=O)O)C(=O)[C@H]2[C@@H](O)[C@H](c3ccc(F)cc3)CN2C(=O)OCc2ccccc2)c1. The summed E-state index contributed by atoms with van der Waals surface area (Å²) in [5, 5.41) is 20.9. The van der Waals surface area contributed by atoms with Gasteiger partial charge in [-0.15, -0.1) is 0 Å². The number of rotatable bonds is 10. The molecule has 2 N–H and O–H groups in total. The molecule has 40 heavy (non-hydrogen) atoms. The normalized spacial score (nSPS) is 18.3. The second kappa shape index (κ2) is 13.1. The minimum atomic E-state index is -1.40. The summed E-state index contributed by atoms with van der Waals surface area (Å²) in [5.74, 6) is -2.52. The molecule has 2 amide bonds. The van der Waals surface area contributed by atoms with Gasteiger partial charge in [0.2, 0.25) is 5.91 Å². The van der Waals surface area contributed by atoms with Crippen molar-refractivity contribution < 1.29 is 38.5 Å². The van der Waals surface area contributed by atoms with E-state index < -0.39 is 48.4 Å². The van der Waals surface area contributed by atoms with Gasteiger partial charge in [0.05, 0.1) is 13.2 Å². The van der Waals surface area contributed by atoms with Crippen molar-refractivity contribution in [3.8, 4) is 5.75 Å². The van der Waals surface area contributed by atoms with Crippen molar-refractivity contribution in [3.63, 3.8) is 0 Å². The standard InChI is InChI=1S/C30H31FN2O7/c1-39-24-9-5-8-20(16-24)14-15-32(18-26(34)35)29(37)27-28(36)25(22-10-12-23(31)13-11-22)17-33(27)30(38)40-19-21-6-3-2-4-7-21/h2-13,16,25,27-28,36H,14-15,17-19H2,1H3,(H,34,35)/t25-,27+,28-/m0/s1. The van der Waals surface area contributed by atoms with E-state index in [1.807, 2.05) is 12.1 Å². The summed E-state index contributed by atoms with van der Waals surface area (Å²) < 4.78 is 24.3. The Bertz CT molecular complexity index is 1320. The highest BCUT2D eigenvalue weighted by Gasteiger charge is 2.49. The summed E-state index contributed by atoms with van der Waals surface area (Å²) in [6.45, 7) is -0.730. The van der Waals surface area contributed by atoms with E-state index in [1.54, 1.807) is 42.5 Å². The molecule has 0 aromatic heterocycles. The predicted molar refractivity (Wildman–Crippen MR) is 143 cm³/mol. The Kier molecular flexibility index (Phi) is 9.34. The lowest BCUT2D eigenvalue weighted by Gasteiger charge is -2.30. The minimum Gasteiger partial charge on any atom is -0.497 e. The Morgan fingerprint density at radius 2 is 1.70 bits per heavy atom. The molecule has 1 aliphatic heterocycles. The number of carboxylic acid groups (broad SMARTS) is 1. The van der Waals surface area contributed by atoms with Crippen molar-refractivity contribution in [2.75, 3.05) is 26.7 Å².